The third-order valence-corrected chi connectivity index (χ3v) is 8.25. The zero-order valence-corrected chi connectivity index (χ0v) is 15.2. The Bertz CT molecular complexity index is 522. The van der Waals surface area contributed by atoms with E-state index in [4.69, 9.17) is 4.74 Å². The van der Waals surface area contributed by atoms with E-state index in [1.54, 1.807) is 18.2 Å². The van der Waals surface area contributed by atoms with Crippen LogP contribution in [0.2, 0.25) is 0 Å². The third-order valence-electron chi connectivity index (χ3n) is 6.03. The van der Waals surface area contributed by atoms with Crippen molar-refractivity contribution < 1.29 is 4.74 Å². The highest BCUT2D eigenvalue weighted by Gasteiger charge is 2.52. The molecule has 0 radical (unpaired) electrons. The number of aryl methyl sites for hydroxylation is 1. The molecule has 3 atom stereocenters. The van der Waals surface area contributed by atoms with Crippen molar-refractivity contribution in [1.29, 1.82) is 0 Å². The number of benzene rings is 1. The van der Waals surface area contributed by atoms with Crippen LogP contribution >= 0.6 is 22.6 Å². The van der Waals surface area contributed by atoms with Gasteiger partial charge in [0.2, 0.25) is 0 Å². The van der Waals surface area contributed by atoms with Crippen molar-refractivity contribution >= 4 is 22.6 Å². The van der Waals surface area contributed by atoms with E-state index in [-0.39, 0.29) is 0 Å². The predicted molar refractivity (Wildman–Crippen MR) is 93.0 cm³/mol. The molecule has 0 amide bonds. The lowest BCUT2D eigenvalue weighted by atomic mass is 9.50. The van der Waals surface area contributed by atoms with Crippen LogP contribution in [0.4, 0.5) is 0 Å². The molecule has 1 aromatic rings. The van der Waals surface area contributed by atoms with Gasteiger partial charge < -0.3 is 4.74 Å². The molecule has 0 aliphatic heterocycles. The highest BCUT2D eigenvalue weighted by molar-refractivity contribution is 14.1. The van der Waals surface area contributed by atoms with Gasteiger partial charge in [-0.3, -0.25) is 0 Å². The lowest BCUT2D eigenvalue weighted by Gasteiger charge is -2.56. The smallest absolute Gasteiger partial charge is 0.119 e. The van der Waals surface area contributed by atoms with Gasteiger partial charge >= 0.3 is 0 Å². The van der Waals surface area contributed by atoms with Gasteiger partial charge in [0.15, 0.2) is 0 Å². The third kappa shape index (κ3) is 2.01. The molecule has 0 aromatic heterocycles. The summed E-state index contributed by atoms with van der Waals surface area (Å²) in [5.41, 5.74) is 3.86. The summed E-state index contributed by atoms with van der Waals surface area (Å²) in [6, 6.07) is 6.72. The fraction of sp³-hybridized carbons (Fsp3) is 0.667. The van der Waals surface area contributed by atoms with E-state index >= 15 is 0 Å². The van der Waals surface area contributed by atoms with Crippen molar-refractivity contribution in [2.75, 3.05) is 7.11 Å². The van der Waals surface area contributed by atoms with Gasteiger partial charge in [0, 0.05) is 3.92 Å². The Morgan fingerprint density at radius 3 is 2.65 bits per heavy atom. The summed E-state index contributed by atoms with van der Waals surface area (Å²) in [4.78, 5) is 0. The van der Waals surface area contributed by atoms with E-state index < -0.39 is 0 Å². The van der Waals surface area contributed by atoms with E-state index in [1.165, 1.54) is 25.7 Å². The van der Waals surface area contributed by atoms with Gasteiger partial charge in [-0.1, -0.05) is 49.4 Å². The van der Waals surface area contributed by atoms with Crippen molar-refractivity contribution in [1.82, 2.24) is 0 Å². The molecule has 2 heteroatoms. The first kappa shape index (κ1) is 14.7. The molecule has 1 nitrogen and oxygen atoms in total. The summed E-state index contributed by atoms with van der Waals surface area (Å²) >= 11 is 2.68. The molecule has 20 heavy (non-hydrogen) atoms. The molecule has 0 saturated heterocycles. The minimum absolute atomic E-state index is 0.327. The van der Waals surface area contributed by atoms with Crippen LogP contribution in [0.3, 0.4) is 0 Å². The number of fused-ring (bicyclic) bond motifs is 3. The molecule has 110 valence electrons. The quantitative estimate of drug-likeness (QED) is 0.481. The molecule has 1 unspecified atom stereocenters. The molecule has 0 spiro atoms. The van der Waals surface area contributed by atoms with Gasteiger partial charge in [-0.05, 0) is 65.7 Å². The Labute approximate surface area is 136 Å². The lowest BCUT2D eigenvalue weighted by molar-refractivity contribution is 0.0519. The molecule has 0 bridgehead atoms. The molecular weight excluding hydrogens is 359 g/mol. The van der Waals surface area contributed by atoms with Gasteiger partial charge in [-0.2, -0.15) is 0 Å². The fourth-order valence-electron chi connectivity index (χ4n) is 4.76. The maximum atomic E-state index is 5.48. The monoisotopic (exact) mass is 384 g/mol. The summed E-state index contributed by atoms with van der Waals surface area (Å²) in [5, 5.41) is 0. The molecule has 2 aliphatic carbocycles. The Morgan fingerprint density at radius 1 is 1.20 bits per heavy atom. The molecule has 2 aliphatic rings. The maximum absolute atomic E-state index is 5.48. The second kappa shape index (κ2) is 4.89. The van der Waals surface area contributed by atoms with E-state index in [2.05, 4.69) is 61.6 Å². The van der Waals surface area contributed by atoms with Gasteiger partial charge in [0.05, 0.1) is 7.11 Å². The van der Waals surface area contributed by atoms with Gasteiger partial charge in [-0.15, -0.1) is 0 Å². The average Bonchev–Trinajstić information content (AvgIpc) is 2.43. The van der Waals surface area contributed by atoms with Gasteiger partial charge in [0.25, 0.3) is 0 Å². The van der Waals surface area contributed by atoms with E-state index in [0.717, 1.165) is 15.6 Å². The number of hydrogen-bond donors (Lipinski definition) is 0. The molecule has 3 rings (SSSR count). The van der Waals surface area contributed by atoms with Crippen LogP contribution in [0.5, 0.6) is 5.75 Å². The van der Waals surface area contributed by atoms with Crippen molar-refractivity contribution in [3.05, 3.63) is 29.3 Å². The molecule has 0 heterocycles. The maximum Gasteiger partial charge on any atom is 0.119 e. The zero-order chi connectivity index (χ0) is 14.5. The number of alkyl halides is 1. The first-order valence-corrected chi connectivity index (χ1v) is 8.95. The summed E-state index contributed by atoms with van der Waals surface area (Å²) in [5.74, 6) is 1.80. The topological polar surface area (TPSA) is 9.23 Å². The molecule has 1 fully saturated rings. The Balaban J connectivity index is 2.10. The first-order chi connectivity index (χ1) is 9.39. The van der Waals surface area contributed by atoms with E-state index in [1.807, 2.05) is 0 Å². The summed E-state index contributed by atoms with van der Waals surface area (Å²) in [7, 11) is 1.77. The highest BCUT2D eigenvalue weighted by Crippen LogP contribution is 2.59. The van der Waals surface area contributed by atoms with Crippen LogP contribution < -0.4 is 4.74 Å². The number of halogens is 1. The second-order valence-corrected chi connectivity index (χ2v) is 8.86. The van der Waals surface area contributed by atoms with Gasteiger partial charge in [0.1, 0.15) is 5.75 Å². The minimum Gasteiger partial charge on any atom is -0.497 e. The number of ether oxygens (including phenoxy) is 1. The number of hydrogen-bond acceptors (Lipinski definition) is 1. The number of methoxy groups -OCH3 is 1. The summed E-state index contributed by atoms with van der Waals surface area (Å²) < 4.78 is 6.27. The minimum atomic E-state index is 0.327. The van der Waals surface area contributed by atoms with Crippen molar-refractivity contribution in [3.63, 3.8) is 0 Å². The molecule has 0 N–H and O–H groups in total. The summed E-state index contributed by atoms with van der Waals surface area (Å²) in [6.07, 6.45) is 5.21. The van der Waals surface area contributed by atoms with Crippen LogP contribution in [-0.4, -0.2) is 11.0 Å². The van der Waals surface area contributed by atoms with Crippen molar-refractivity contribution in [2.24, 2.45) is 11.3 Å². The van der Waals surface area contributed by atoms with Gasteiger partial charge in [-0.25, -0.2) is 0 Å². The standard InChI is InChI=1S/C18H25IO/c1-17(2)15-8-6-12-5-7-13(20-4)11-14(12)18(15,3)10-9-16(17)19/h5,7,11,15-16H,6,8-10H2,1-4H3/t15-,16?,18+/m0/s1. The Morgan fingerprint density at radius 2 is 1.95 bits per heavy atom. The fourth-order valence-corrected chi connectivity index (χ4v) is 5.50. The molecule has 1 aromatic carbocycles. The van der Waals surface area contributed by atoms with Crippen molar-refractivity contribution in [3.8, 4) is 5.75 Å². The Kier molecular flexibility index (Phi) is 3.59. The molecular formula is C18H25IO. The van der Waals surface area contributed by atoms with E-state index in [9.17, 15) is 0 Å². The second-order valence-electron chi connectivity index (χ2n) is 7.36. The van der Waals surface area contributed by atoms with Crippen LogP contribution in [0.25, 0.3) is 0 Å². The average molecular weight is 384 g/mol. The van der Waals surface area contributed by atoms with E-state index in [0.29, 0.717) is 10.8 Å². The largest absolute Gasteiger partial charge is 0.497 e. The van der Waals surface area contributed by atoms with Crippen LogP contribution in [0, 0.1) is 11.3 Å². The highest BCUT2D eigenvalue weighted by atomic mass is 127. The lowest BCUT2D eigenvalue weighted by Crippen LogP contribution is -2.52. The summed E-state index contributed by atoms with van der Waals surface area (Å²) in [6.45, 7) is 7.47. The van der Waals surface area contributed by atoms with Crippen LogP contribution in [-0.2, 0) is 11.8 Å². The Hall–Kier alpha value is -0.250. The van der Waals surface area contributed by atoms with Crippen LogP contribution in [0.15, 0.2) is 18.2 Å². The first-order valence-electron chi connectivity index (χ1n) is 7.71. The predicted octanol–water partition coefficient (Wildman–Crippen LogP) is 5.14. The molecule has 1 saturated carbocycles. The zero-order valence-electron chi connectivity index (χ0n) is 13.0. The number of rotatable bonds is 1. The van der Waals surface area contributed by atoms with Crippen LogP contribution in [0.1, 0.15) is 51.2 Å². The SMILES string of the molecule is COc1ccc2c(c1)[C@@]1(C)CCC(I)C(C)(C)[C@@H]1CC2. The normalized spacial score (nSPS) is 35.0. The van der Waals surface area contributed by atoms with Crippen molar-refractivity contribution in [2.45, 2.75) is 55.8 Å².